The zero-order chi connectivity index (χ0) is 94.9. The Balaban J connectivity index is 5.77. The summed E-state index contributed by atoms with van der Waals surface area (Å²) in [5.74, 6) is -6.50. The van der Waals surface area contributed by atoms with Gasteiger partial charge in [0.1, 0.15) is 149 Å². The van der Waals surface area contributed by atoms with Gasteiger partial charge in [-0.1, -0.05) is 27.7 Å². The Kier molecular flexibility index (Phi) is 63.4. The molecule has 734 valence electrons. The Hall–Kier alpha value is -8.28. The molecule has 10 unspecified atom stereocenters. The number of hydrogen-bond donors (Lipinski definition) is 12. The fraction of sp³-hybridized carbons (Fsp3) is 0.846. The number of nitrogens with two attached hydrogens (primary N) is 2. The summed E-state index contributed by atoms with van der Waals surface area (Å²) in [7, 11) is 0. The van der Waals surface area contributed by atoms with Crippen molar-refractivity contribution in [3.63, 3.8) is 0 Å². The van der Waals surface area contributed by atoms with Gasteiger partial charge in [0.25, 0.3) is 0 Å². The van der Waals surface area contributed by atoms with Gasteiger partial charge in [0.2, 0.25) is 0 Å². The standard InChI is InChI=1S/C78H140N6O42/c1-13-109-63(93)75(9,47-119-67(97)115-37-55(3)4)49-121-71(101)125-53-77(11,51-123-69(99)117-45-73(7,43-85)61(91)111-39-57(87)33-81-17-23-105-29-27-103-21-15-79)65(95)113-41-59(89)35-83-19-25-107-31-32-108-26-20-84-36-60(90)42-114-66(96)78(12,54-126-72(102)122-50-76(10,64(94)110-14-2)48-120-68(98)116-38-56(5)6)52-124-70(100)118-46-74(8,44-86)62(92)112-40-58(88)34-82-18-24-106-30-28-104-22-16-80/h55-60,81-90H,13-54,79-80H2,1-12H3. The van der Waals surface area contributed by atoms with Crippen molar-refractivity contribution < 1.29 is 202 Å². The van der Waals surface area contributed by atoms with E-state index in [1.54, 1.807) is 27.7 Å². The molecule has 0 aliphatic rings. The molecule has 0 saturated heterocycles. The van der Waals surface area contributed by atoms with Crippen LogP contribution in [-0.4, -0.2) is 405 Å². The fourth-order valence-corrected chi connectivity index (χ4v) is 8.89. The molecule has 48 heteroatoms. The predicted octanol–water partition coefficient (Wildman–Crippen LogP) is -1.64. The second-order valence-corrected chi connectivity index (χ2v) is 31.0. The zero-order valence-electron chi connectivity index (χ0n) is 74.7. The molecule has 0 saturated carbocycles. The van der Waals surface area contributed by atoms with Crippen molar-refractivity contribution in [3.8, 4) is 0 Å². The van der Waals surface area contributed by atoms with Gasteiger partial charge < -0.3 is 177 Å². The van der Waals surface area contributed by atoms with E-state index in [1.807, 2.05) is 0 Å². The summed E-state index contributed by atoms with van der Waals surface area (Å²) in [6, 6.07) is 0. The van der Waals surface area contributed by atoms with Crippen LogP contribution in [0.15, 0.2) is 0 Å². The lowest BCUT2D eigenvalue weighted by Crippen LogP contribution is -2.44. The van der Waals surface area contributed by atoms with E-state index in [0.29, 0.717) is 65.8 Å². The van der Waals surface area contributed by atoms with E-state index < -0.39 is 235 Å². The van der Waals surface area contributed by atoms with Gasteiger partial charge >= 0.3 is 72.7 Å². The van der Waals surface area contributed by atoms with Crippen LogP contribution in [-0.2, 0) is 142 Å². The van der Waals surface area contributed by atoms with Gasteiger partial charge in [-0.25, -0.2) is 28.8 Å². The highest BCUT2D eigenvalue weighted by molar-refractivity contribution is 5.81. The van der Waals surface area contributed by atoms with E-state index in [9.17, 15) is 88.2 Å². The molecule has 10 atom stereocenters. The number of hydrogen-bond acceptors (Lipinski definition) is 48. The topological polar surface area (TPSA) is 648 Å². The molecule has 0 aliphatic carbocycles. The minimum Gasteiger partial charge on any atom is -0.465 e. The van der Waals surface area contributed by atoms with Crippen molar-refractivity contribution >= 4 is 72.7 Å². The largest absolute Gasteiger partial charge is 0.508 e. The van der Waals surface area contributed by atoms with Gasteiger partial charge in [-0.3, -0.25) is 28.8 Å². The van der Waals surface area contributed by atoms with Gasteiger partial charge in [0.05, 0.1) is 119 Å². The van der Waals surface area contributed by atoms with Crippen molar-refractivity contribution in [2.24, 2.45) is 55.8 Å². The molecule has 0 amide bonds. The zero-order valence-corrected chi connectivity index (χ0v) is 74.7. The Labute approximate surface area is 733 Å². The fourth-order valence-electron chi connectivity index (χ4n) is 8.89. The Morgan fingerprint density at radius 2 is 0.444 bits per heavy atom. The van der Waals surface area contributed by atoms with Crippen LogP contribution in [0.1, 0.15) is 83.1 Å². The number of aliphatic hydroxyl groups excluding tert-OH is 6. The van der Waals surface area contributed by atoms with E-state index in [4.69, 9.17) is 125 Å². The van der Waals surface area contributed by atoms with E-state index >= 15 is 0 Å². The normalized spacial score (nSPS) is 15.2. The molecule has 0 aromatic carbocycles. The molecule has 0 spiro atoms. The van der Waals surface area contributed by atoms with Crippen LogP contribution in [0.5, 0.6) is 0 Å². The minimum absolute atomic E-state index is 0.000312. The highest BCUT2D eigenvalue weighted by Gasteiger charge is 2.46. The molecule has 0 aromatic heterocycles. The first-order valence-electron chi connectivity index (χ1n) is 41.1. The summed E-state index contributed by atoms with van der Waals surface area (Å²) in [6.45, 7) is 9.02. The van der Waals surface area contributed by atoms with Gasteiger partial charge in [-0.05, 0) is 67.2 Å². The van der Waals surface area contributed by atoms with Crippen LogP contribution in [0, 0.1) is 44.3 Å². The number of rotatable bonds is 75. The molecule has 48 nitrogen and oxygen atoms in total. The van der Waals surface area contributed by atoms with Crippen LogP contribution in [0.3, 0.4) is 0 Å². The molecule has 0 heterocycles. The van der Waals surface area contributed by atoms with Crippen molar-refractivity contribution in [1.29, 1.82) is 0 Å². The maximum absolute atomic E-state index is 13.8. The van der Waals surface area contributed by atoms with E-state index in [2.05, 4.69) is 21.3 Å². The van der Waals surface area contributed by atoms with Crippen LogP contribution in [0.4, 0.5) is 28.8 Å². The lowest BCUT2D eigenvalue weighted by atomic mass is 9.93. The average molecular weight is 1830 g/mol. The molecule has 0 radical (unpaired) electrons. The SMILES string of the molecule is CCOC(=O)C(C)(COC(=O)OCC(C)C)COC(=O)OCC(C)(COC(=O)OCC(C)(CO)C(=O)OCC(O)CNCCOCCOCCN)C(=O)OCC(O)CNCCOCCOCCNCC(O)COC(=O)C(C)(COC(=O)OCC(C)(CO)C(=O)OCC(O)CNCCOCCOCCN)COC(=O)OCC(C)(COC(=O)OCC(C)C)C(=O)OCC. The van der Waals surface area contributed by atoms with Crippen LogP contribution in [0.25, 0.3) is 0 Å². The van der Waals surface area contributed by atoms with Crippen molar-refractivity contribution in [3.05, 3.63) is 0 Å². The highest BCUT2D eigenvalue weighted by Crippen LogP contribution is 2.28. The Morgan fingerprint density at radius 3 is 0.635 bits per heavy atom. The van der Waals surface area contributed by atoms with E-state index in [0.717, 1.165) is 13.8 Å². The summed E-state index contributed by atoms with van der Waals surface area (Å²) in [6.07, 6.45) is -13.3. The van der Waals surface area contributed by atoms with Crippen LogP contribution >= 0.6 is 0 Å². The molecule has 0 aliphatic heterocycles. The maximum Gasteiger partial charge on any atom is 0.508 e. The Bertz CT molecular complexity index is 2880. The average Bonchev–Trinajstić information content (AvgIpc) is 0.850. The molecule has 0 aromatic rings. The van der Waals surface area contributed by atoms with Crippen LogP contribution in [0.2, 0.25) is 0 Å². The third-order valence-electron chi connectivity index (χ3n) is 16.8. The molecule has 14 N–H and O–H groups in total. The summed E-state index contributed by atoms with van der Waals surface area (Å²) in [4.78, 5) is 157. The first-order valence-corrected chi connectivity index (χ1v) is 41.1. The predicted molar refractivity (Wildman–Crippen MR) is 432 cm³/mol. The number of nitrogens with one attached hydrogen (secondary N) is 4. The molecule has 0 fully saturated rings. The van der Waals surface area contributed by atoms with E-state index in [1.165, 1.54) is 41.5 Å². The van der Waals surface area contributed by atoms with Crippen molar-refractivity contribution in [2.45, 2.75) is 108 Å². The number of carbonyl (C=O) groups is 12. The van der Waals surface area contributed by atoms with Crippen molar-refractivity contribution in [2.75, 3.05) is 277 Å². The minimum atomic E-state index is -2.11. The van der Waals surface area contributed by atoms with Gasteiger partial charge in [-0.2, -0.15) is 0 Å². The molecular weight excluding hydrogens is 1690 g/mol. The van der Waals surface area contributed by atoms with Gasteiger partial charge in [0, 0.05) is 65.4 Å². The van der Waals surface area contributed by atoms with E-state index in [-0.39, 0.29) is 117 Å². The van der Waals surface area contributed by atoms with Gasteiger partial charge in [-0.15, -0.1) is 0 Å². The second-order valence-electron chi connectivity index (χ2n) is 31.0. The number of aliphatic hydroxyl groups is 6. The molecular formula is C78H140N6O42. The summed E-state index contributed by atoms with van der Waals surface area (Å²) in [5.41, 5.74) is -0.842. The number of carbonyl (C=O) groups excluding carboxylic acids is 12. The Morgan fingerprint density at radius 1 is 0.262 bits per heavy atom. The number of ether oxygens (including phenoxy) is 24. The van der Waals surface area contributed by atoms with Crippen molar-refractivity contribution in [1.82, 2.24) is 21.3 Å². The summed E-state index contributed by atoms with van der Waals surface area (Å²) >= 11 is 0. The monoisotopic (exact) mass is 1830 g/mol. The molecule has 126 heavy (non-hydrogen) atoms. The summed E-state index contributed by atoms with van der Waals surface area (Å²) < 4.78 is 125. The third-order valence-corrected chi connectivity index (χ3v) is 16.8. The quantitative estimate of drug-likeness (QED) is 0.0185. The highest BCUT2D eigenvalue weighted by atomic mass is 16.8. The third kappa shape index (κ3) is 54.8. The maximum atomic E-state index is 13.8. The molecule has 0 bridgehead atoms. The number of esters is 6. The first kappa shape index (κ1) is 118. The smallest absolute Gasteiger partial charge is 0.465 e. The summed E-state index contributed by atoms with van der Waals surface area (Å²) in [5, 5.41) is 74.2. The second kappa shape index (κ2) is 67.9. The molecule has 0 rings (SSSR count). The lowest BCUT2D eigenvalue weighted by molar-refractivity contribution is -0.167. The van der Waals surface area contributed by atoms with Gasteiger partial charge in [0.15, 0.2) is 0 Å². The first-order chi connectivity index (χ1) is 59.7. The van der Waals surface area contributed by atoms with Crippen LogP contribution < -0.4 is 32.7 Å². The lowest BCUT2D eigenvalue weighted by Gasteiger charge is -2.28.